The third-order valence-electron chi connectivity index (χ3n) is 4.90. The zero-order chi connectivity index (χ0) is 15.1. The van der Waals surface area contributed by atoms with E-state index < -0.39 is 0 Å². The molecule has 2 aliphatic rings. The molecule has 0 radical (unpaired) electrons. The Morgan fingerprint density at radius 3 is 2.27 bits per heavy atom. The van der Waals surface area contributed by atoms with Crippen LogP contribution in [-0.2, 0) is 0 Å². The normalized spacial score (nSPS) is 22.9. The van der Waals surface area contributed by atoms with E-state index in [2.05, 4.69) is 51.9 Å². The molecule has 3 heteroatoms. The van der Waals surface area contributed by atoms with Gasteiger partial charge in [-0.1, -0.05) is 29.8 Å². The standard InChI is InChI=1S/C19H19N3/c1-14-6-8-16(9-7-14)21-12-19-11-18(21)13-22(19)17-5-3-4-15(10-17)20-2/h3-10,18-19H,11-13H2,1H3/t18-,19-/m1/s1. The molecular weight excluding hydrogens is 270 g/mol. The van der Waals surface area contributed by atoms with E-state index in [0.717, 1.165) is 18.8 Å². The zero-order valence-corrected chi connectivity index (χ0v) is 12.7. The van der Waals surface area contributed by atoms with Gasteiger partial charge in [-0.15, -0.1) is 0 Å². The van der Waals surface area contributed by atoms with Crippen molar-refractivity contribution < 1.29 is 0 Å². The largest absolute Gasteiger partial charge is 0.366 e. The third-order valence-corrected chi connectivity index (χ3v) is 4.90. The van der Waals surface area contributed by atoms with E-state index in [1.807, 2.05) is 18.2 Å². The molecule has 22 heavy (non-hydrogen) atoms. The number of hydrogen-bond acceptors (Lipinski definition) is 2. The van der Waals surface area contributed by atoms with Crippen molar-refractivity contribution in [1.82, 2.24) is 0 Å². The SMILES string of the molecule is [C-]#[N+]c1cccc(N2C[C@H]3C[C@@H]2CN3c2ccc(C)cc2)c1. The van der Waals surface area contributed by atoms with E-state index in [1.54, 1.807) is 0 Å². The van der Waals surface area contributed by atoms with Crippen LogP contribution in [0.4, 0.5) is 17.1 Å². The molecule has 110 valence electrons. The van der Waals surface area contributed by atoms with Gasteiger partial charge in [0.05, 0.1) is 6.57 Å². The maximum atomic E-state index is 7.17. The second-order valence-electron chi connectivity index (χ2n) is 6.32. The Balaban J connectivity index is 1.54. The molecular formula is C19H19N3. The topological polar surface area (TPSA) is 10.8 Å². The monoisotopic (exact) mass is 289 g/mol. The molecule has 0 aromatic heterocycles. The van der Waals surface area contributed by atoms with E-state index in [1.165, 1.54) is 23.4 Å². The predicted molar refractivity (Wildman–Crippen MR) is 90.8 cm³/mol. The first kappa shape index (κ1) is 13.2. The predicted octanol–water partition coefficient (Wildman–Crippen LogP) is 4.01. The summed E-state index contributed by atoms with van der Waals surface area (Å²) in [7, 11) is 0. The lowest BCUT2D eigenvalue weighted by Gasteiger charge is -2.37. The highest BCUT2D eigenvalue weighted by molar-refractivity contribution is 5.62. The summed E-state index contributed by atoms with van der Waals surface area (Å²) in [5, 5.41) is 0. The van der Waals surface area contributed by atoms with Crippen molar-refractivity contribution in [2.24, 2.45) is 0 Å². The fraction of sp³-hybridized carbons (Fsp3) is 0.316. The number of hydrogen-bond donors (Lipinski definition) is 0. The van der Waals surface area contributed by atoms with Crippen LogP contribution in [0.2, 0.25) is 0 Å². The van der Waals surface area contributed by atoms with Gasteiger partial charge in [0.1, 0.15) is 0 Å². The summed E-state index contributed by atoms with van der Waals surface area (Å²) in [4.78, 5) is 8.57. The number of nitrogens with zero attached hydrogens (tertiary/aromatic N) is 3. The molecule has 2 saturated heterocycles. The molecule has 0 N–H and O–H groups in total. The molecule has 2 aromatic carbocycles. The van der Waals surface area contributed by atoms with Gasteiger partial charge in [-0.2, -0.15) is 0 Å². The highest BCUT2D eigenvalue weighted by Crippen LogP contribution is 2.38. The Labute approximate surface area is 131 Å². The van der Waals surface area contributed by atoms with Crippen molar-refractivity contribution in [2.45, 2.75) is 25.4 Å². The minimum atomic E-state index is 0.562. The maximum absolute atomic E-state index is 7.17. The number of piperazine rings is 1. The van der Waals surface area contributed by atoms with Gasteiger partial charge in [-0.25, -0.2) is 4.85 Å². The summed E-state index contributed by atoms with van der Waals surface area (Å²) in [6.07, 6.45) is 1.22. The molecule has 0 amide bonds. The Bertz CT molecular complexity index is 729. The van der Waals surface area contributed by atoms with E-state index in [4.69, 9.17) is 6.57 Å². The number of anilines is 2. The highest BCUT2D eigenvalue weighted by Gasteiger charge is 2.43. The summed E-state index contributed by atoms with van der Waals surface area (Å²) in [5.41, 5.74) is 4.58. The van der Waals surface area contributed by atoms with E-state index >= 15 is 0 Å². The molecule has 3 nitrogen and oxygen atoms in total. The lowest BCUT2D eigenvalue weighted by atomic mass is 10.2. The summed E-state index contributed by atoms with van der Waals surface area (Å²) in [6, 6.07) is 18.0. The molecule has 0 spiro atoms. The minimum absolute atomic E-state index is 0.562. The average Bonchev–Trinajstić information content (AvgIpc) is 3.16. The lowest BCUT2D eigenvalue weighted by molar-refractivity contribution is 0.647. The van der Waals surface area contributed by atoms with Gasteiger partial charge >= 0.3 is 0 Å². The van der Waals surface area contributed by atoms with Crippen LogP contribution in [0, 0.1) is 13.5 Å². The van der Waals surface area contributed by atoms with Crippen molar-refractivity contribution in [3.05, 3.63) is 65.5 Å². The second-order valence-corrected chi connectivity index (χ2v) is 6.32. The van der Waals surface area contributed by atoms with Crippen LogP contribution in [-0.4, -0.2) is 25.2 Å². The van der Waals surface area contributed by atoms with Gasteiger partial charge < -0.3 is 9.80 Å². The molecule has 2 aliphatic heterocycles. The molecule has 0 saturated carbocycles. The molecule has 2 aromatic rings. The summed E-state index contributed by atoms with van der Waals surface area (Å²) >= 11 is 0. The quantitative estimate of drug-likeness (QED) is 0.773. The van der Waals surface area contributed by atoms with Crippen molar-refractivity contribution in [2.75, 3.05) is 22.9 Å². The van der Waals surface area contributed by atoms with Gasteiger partial charge in [0.15, 0.2) is 5.69 Å². The van der Waals surface area contributed by atoms with Gasteiger partial charge in [-0.05, 0) is 37.6 Å². The van der Waals surface area contributed by atoms with Crippen LogP contribution in [0.3, 0.4) is 0 Å². The van der Waals surface area contributed by atoms with Gasteiger partial charge in [0.25, 0.3) is 0 Å². The maximum Gasteiger partial charge on any atom is 0.189 e. The highest BCUT2D eigenvalue weighted by atomic mass is 15.4. The molecule has 2 heterocycles. The first-order valence-corrected chi connectivity index (χ1v) is 7.82. The smallest absolute Gasteiger partial charge is 0.189 e. The summed E-state index contributed by atoms with van der Waals surface area (Å²) in [5.74, 6) is 0. The van der Waals surface area contributed by atoms with Crippen molar-refractivity contribution in [3.8, 4) is 0 Å². The Kier molecular flexibility index (Phi) is 3.04. The lowest BCUT2D eigenvalue weighted by Crippen LogP contribution is -2.46. The summed E-state index contributed by atoms with van der Waals surface area (Å²) in [6.45, 7) is 11.4. The van der Waals surface area contributed by atoms with Crippen molar-refractivity contribution in [1.29, 1.82) is 0 Å². The van der Waals surface area contributed by atoms with Crippen LogP contribution in [0.25, 0.3) is 4.85 Å². The Morgan fingerprint density at radius 1 is 0.955 bits per heavy atom. The van der Waals surface area contributed by atoms with E-state index in [0.29, 0.717) is 12.1 Å². The van der Waals surface area contributed by atoms with Crippen LogP contribution in [0.15, 0.2) is 48.5 Å². The third kappa shape index (κ3) is 2.12. The fourth-order valence-electron chi connectivity index (χ4n) is 3.78. The fourth-order valence-corrected chi connectivity index (χ4v) is 3.78. The number of aryl methyl sites for hydroxylation is 1. The number of benzene rings is 2. The second kappa shape index (κ2) is 5.06. The Hall–Kier alpha value is -2.47. The molecule has 0 unspecified atom stereocenters. The summed E-state index contributed by atoms with van der Waals surface area (Å²) < 4.78 is 0. The van der Waals surface area contributed by atoms with Crippen molar-refractivity contribution >= 4 is 17.1 Å². The van der Waals surface area contributed by atoms with E-state index in [9.17, 15) is 0 Å². The molecule has 4 rings (SSSR count). The van der Waals surface area contributed by atoms with Crippen molar-refractivity contribution in [3.63, 3.8) is 0 Å². The molecule has 2 atom stereocenters. The van der Waals surface area contributed by atoms with Gasteiger partial charge in [0, 0.05) is 36.5 Å². The van der Waals surface area contributed by atoms with Crippen LogP contribution >= 0.6 is 0 Å². The molecule has 2 fully saturated rings. The van der Waals surface area contributed by atoms with E-state index in [-0.39, 0.29) is 0 Å². The number of fused-ring (bicyclic) bond motifs is 2. The van der Waals surface area contributed by atoms with Gasteiger partial charge in [0.2, 0.25) is 0 Å². The first-order chi connectivity index (χ1) is 10.7. The van der Waals surface area contributed by atoms with Crippen LogP contribution < -0.4 is 9.80 Å². The number of rotatable bonds is 2. The van der Waals surface area contributed by atoms with Gasteiger partial charge in [-0.3, -0.25) is 0 Å². The average molecular weight is 289 g/mol. The Morgan fingerprint density at radius 2 is 1.64 bits per heavy atom. The minimum Gasteiger partial charge on any atom is -0.366 e. The van der Waals surface area contributed by atoms with Crippen LogP contribution in [0.1, 0.15) is 12.0 Å². The molecule has 0 aliphatic carbocycles. The zero-order valence-electron chi connectivity index (χ0n) is 12.7. The van der Waals surface area contributed by atoms with Crippen LogP contribution in [0.5, 0.6) is 0 Å². The first-order valence-electron chi connectivity index (χ1n) is 7.82. The molecule has 2 bridgehead atoms.